The highest BCUT2D eigenvalue weighted by Gasteiger charge is 2.52. The number of thioether (sulfide) groups is 1. The van der Waals surface area contributed by atoms with Crippen LogP contribution in [0.1, 0.15) is 24.0 Å². The van der Waals surface area contributed by atoms with Gasteiger partial charge in [0.15, 0.2) is 17.4 Å². The normalized spacial score (nSPS) is 26.6. The molecule has 2 saturated heterocycles. The molecular formula is C24H25F2N5O2S. The molecule has 3 aliphatic rings. The molecule has 7 nitrogen and oxygen atoms in total. The molecule has 0 saturated carbocycles. The van der Waals surface area contributed by atoms with E-state index in [1.54, 1.807) is 18.2 Å². The van der Waals surface area contributed by atoms with Gasteiger partial charge in [-0.2, -0.15) is 8.78 Å². The summed E-state index contributed by atoms with van der Waals surface area (Å²) in [6.45, 7) is 1.05. The minimum Gasteiger partial charge on any atom is -0.350 e. The van der Waals surface area contributed by atoms with Gasteiger partial charge in [0, 0.05) is 18.7 Å². The third-order valence-electron chi connectivity index (χ3n) is 6.29. The van der Waals surface area contributed by atoms with Crippen LogP contribution in [0.15, 0.2) is 65.7 Å². The average Bonchev–Trinajstić information content (AvgIpc) is 3.51. The number of fused-ring (bicyclic) bond motifs is 1. The molecule has 0 aliphatic carbocycles. The van der Waals surface area contributed by atoms with Gasteiger partial charge in [0.25, 0.3) is 0 Å². The topological polar surface area (TPSA) is 85.8 Å². The van der Waals surface area contributed by atoms with E-state index < -0.39 is 35.5 Å². The van der Waals surface area contributed by atoms with Crippen LogP contribution in [-0.2, 0) is 22.1 Å². The van der Waals surface area contributed by atoms with Crippen molar-refractivity contribution in [2.24, 2.45) is 4.99 Å². The predicted octanol–water partition coefficient (Wildman–Crippen LogP) is 2.40. The van der Waals surface area contributed by atoms with Crippen LogP contribution in [0.4, 0.5) is 8.78 Å². The Morgan fingerprint density at radius 1 is 1.15 bits per heavy atom. The van der Waals surface area contributed by atoms with Gasteiger partial charge in [-0.3, -0.25) is 14.9 Å². The van der Waals surface area contributed by atoms with Crippen molar-refractivity contribution in [3.8, 4) is 0 Å². The number of hydrogen-bond donors (Lipinski definition) is 3. The van der Waals surface area contributed by atoms with E-state index in [2.05, 4.69) is 20.9 Å². The van der Waals surface area contributed by atoms with Crippen LogP contribution >= 0.6 is 11.8 Å². The number of carbonyl (C=O) groups excluding carboxylic acids is 2. The fourth-order valence-corrected chi connectivity index (χ4v) is 5.76. The van der Waals surface area contributed by atoms with Gasteiger partial charge in [-0.1, -0.05) is 72.4 Å². The molecule has 34 heavy (non-hydrogen) atoms. The average molecular weight is 486 g/mol. The Morgan fingerprint density at radius 2 is 1.85 bits per heavy atom. The molecule has 0 bridgehead atoms. The molecular weight excluding hydrogens is 460 g/mol. The van der Waals surface area contributed by atoms with Crippen molar-refractivity contribution in [2.75, 3.05) is 6.54 Å². The monoisotopic (exact) mass is 485 g/mol. The Morgan fingerprint density at radius 3 is 2.59 bits per heavy atom. The number of nitrogens with one attached hydrogen (secondary N) is 3. The molecule has 3 aliphatic heterocycles. The lowest BCUT2D eigenvalue weighted by Crippen LogP contribution is -2.66. The van der Waals surface area contributed by atoms with E-state index in [0.717, 1.165) is 12.0 Å². The molecule has 0 aromatic heterocycles. The number of rotatable bonds is 5. The number of nitrogens with zero attached hydrogens (tertiary/aromatic N) is 2. The number of aliphatic imine (C=N–C) groups is 1. The molecule has 3 N–H and O–H groups in total. The molecule has 4 atom stereocenters. The number of benzene rings is 2. The molecule has 178 valence electrons. The van der Waals surface area contributed by atoms with E-state index in [9.17, 15) is 9.59 Å². The Bertz CT molecular complexity index is 1090. The first-order chi connectivity index (χ1) is 16.4. The summed E-state index contributed by atoms with van der Waals surface area (Å²) in [7, 11) is 0. The maximum Gasteiger partial charge on any atom is 0.306 e. The summed E-state index contributed by atoms with van der Waals surface area (Å²) in [5, 5.41) is 8.14. The minimum absolute atomic E-state index is 0.106. The zero-order valence-corrected chi connectivity index (χ0v) is 19.1. The second-order valence-corrected chi connectivity index (χ2v) is 9.66. The standard InChI is InChI=1S/C24H25F2N5O2S/c25-24(26,16-10-5-2-6-11-16)22-29-20(33)18-21(30-22)34-23(28-18)31-13-7-12-17(31)19(32)27-14-15-8-3-1-4-9-15/h1-6,8-11,17-18,21-22,30H,7,12-14H2,(H,27,32)(H,29,33)/t17-,18?,21?,22?/m1/s1. The first-order valence-electron chi connectivity index (χ1n) is 11.3. The quantitative estimate of drug-likeness (QED) is 0.606. The smallest absolute Gasteiger partial charge is 0.306 e. The molecule has 2 aromatic rings. The van der Waals surface area contributed by atoms with Crippen LogP contribution < -0.4 is 16.0 Å². The van der Waals surface area contributed by atoms with Gasteiger partial charge in [0.1, 0.15) is 6.04 Å². The fraction of sp³-hybridized carbons (Fsp3) is 0.375. The third-order valence-corrected chi connectivity index (χ3v) is 7.49. The van der Waals surface area contributed by atoms with Gasteiger partial charge in [-0.05, 0) is 18.4 Å². The second-order valence-electron chi connectivity index (χ2n) is 8.55. The number of hydrogen-bond acceptors (Lipinski definition) is 6. The molecule has 0 spiro atoms. The van der Waals surface area contributed by atoms with Crippen molar-refractivity contribution < 1.29 is 18.4 Å². The highest BCUT2D eigenvalue weighted by Crippen LogP contribution is 2.37. The van der Waals surface area contributed by atoms with Gasteiger partial charge in [0.05, 0.1) is 5.37 Å². The van der Waals surface area contributed by atoms with Crippen molar-refractivity contribution in [3.05, 3.63) is 71.8 Å². The summed E-state index contributed by atoms with van der Waals surface area (Å²) in [4.78, 5) is 32.0. The minimum atomic E-state index is -3.29. The number of halogens is 2. The molecule has 5 rings (SSSR count). The number of amidine groups is 1. The summed E-state index contributed by atoms with van der Waals surface area (Å²) in [6, 6.07) is 15.8. The van der Waals surface area contributed by atoms with Crippen molar-refractivity contribution in [1.82, 2.24) is 20.9 Å². The third kappa shape index (κ3) is 4.39. The lowest BCUT2D eigenvalue weighted by atomic mass is 10.0. The van der Waals surface area contributed by atoms with Crippen molar-refractivity contribution in [1.29, 1.82) is 0 Å². The van der Waals surface area contributed by atoms with Crippen LogP contribution in [0, 0.1) is 0 Å². The van der Waals surface area contributed by atoms with Gasteiger partial charge in [-0.25, -0.2) is 4.99 Å². The fourth-order valence-electron chi connectivity index (χ4n) is 4.49. The maximum atomic E-state index is 15.1. The van der Waals surface area contributed by atoms with Crippen LogP contribution in [-0.4, -0.2) is 52.1 Å². The molecule has 3 heterocycles. The lowest BCUT2D eigenvalue weighted by Gasteiger charge is -2.36. The van der Waals surface area contributed by atoms with Crippen molar-refractivity contribution >= 4 is 28.7 Å². The summed E-state index contributed by atoms with van der Waals surface area (Å²) < 4.78 is 30.2. The number of alkyl halides is 2. The molecule has 2 fully saturated rings. The lowest BCUT2D eigenvalue weighted by molar-refractivity contribution is -0.132. The van der Waals surface area contributed by atoms with Gasteiger partial charge in [-0.15, -0.1) is 0 Å². The Labute approximate surface area is 200 Å². The van der Waals surface area contributed by atoms with Crippen LogP contribution in [0.3, 0.4) is 0 Å². The Kier molecular flexibility index (Phi) is 6.26. The zero-order valence-electron chi connectivity index (χ0n) is 18.3. The Hall–Kier alpha value is -2.98. The van der Waals surface area contributed by atoms with Crippen molar-refractivity contribution in [2.45, 2.75) is 48.9 Å². The SMILES string of the molecule is O=C1NC(C(F)(F)c2ccccc2)NC2SC(N3CCC[C@@H]3C(=O)NCc3ccccc3)=NC12. The van der Waals surface area contributed by atoms with E-state index in [-0.39, 0.29) is 11.5 Å². The number of carbonyl (C=O) groups is 2. The summed E-state index contributed by atoms with van der Waals surface area (Å²) in [5.41, 5.74) is 0.829. The highest BCUT2D eigenvalue weighted by molar-refractivity contribution is 8.14. The summed E-state index contributed by atoms with van der Waals surface area (Å²) >= 11 is 1.24. The molecule has 2 aromatic carbocycles. The molecule has 0 radical (unpaired) electrons. The number of amides is 2. The van der Waals surface area contributed by atoms with Crippen molar-refractivity contribution in [3.63, 3.8) is 0 Å². The van der Waals surface area contributed by atoms with Crippen LogP contribution in [0.2, 0.25) is 0 Å². The maximum absolute atomic E-state index is 15.1. The molecule has 2 amide bonds. The first kappa shape index (κ1) is 22.8. The van der Waals surface area contributed by atoms with E-state index in [0.29, 0.717) is 24.7 Å². The number of likely N-dealkylation sites (tertiary alicyclic amines) is 1. The van der Waals surface area contributed by atoms with Gasteiger partial charge in [0.2, 0.25) is 11.8 Å². The second kappa shape index (κ2) is 9.34. The van der Waals surface area contributed by atoms with Gasteiger partial charge >= 0.3 is 5.92 Å². The largest absolute Gasteiger partial charge is 0.350 e. The van der Waals surface area contributed by atoms with E-state index in [1.807, 2.05) is 35.2 Å². The molecule has 3 unspecified atom stereocenters. The van der Waals surface area contributed by atoms with Crippen LogP contribution in [0.25, 0.3) is 0 Å². The summed E-state index contributed by atoms with van der Waals surface area (Å²) in [5.74, 6) is -3.94. The zero-order chi connectivity index (χ0) is 23.7. The van der Waals surface area contributed by atoms with E-state index in [4.69, 9.17) is 0 Å². The van der Waals surface area contributed by atoms with E-state index in [1.165, 1.54) is 23.9 Å². The van der Waals surface area contributed by atoms with Gasteiger partial charge < -0.3 is 15.5 Å². The first-order valence-corrected chi connectivity index (χ1v) is 12.1. The summed E-state index contributed by atoms with van der Waals surface area (Å²) in [6.07, 6.45) is -0.0643. The van der Waals surface area contributed by atoms with E-state index >= 15 is 8.78 Å². The predicted molar refractivity (Wildman–Crippen MR) is 126 cm³/mol. The van der Waals surface area contributed by atoms with Crippen LogP contribution in [0.5, 0.6) is 0 Å². The Balaban J connectivity index is 1.25. The molecule has 10 heteroatoms. The highest BCUT2D eigenvalue weighted by atomic mass is 32.2.